The van der Waals surface area contributed by atoms with Crippen molar-refractivity contribution in [1.29, 1.82) is 0 Å². The Morgan fingerprint density at radius 3 is 0.952 bits per heavy atom. The Balaban J connectivity index is -0.00000162. The first-order valence-electron chi connectivity index (χ1n) is 6.00. The summed E-state index contributed by atoms with van der Waals surface area (Å²) in [4.78, 5) is 0. The molecule has 0 aliphatic rings. The van der Waals surface area contributed by atoms with Crippen LogP contribution in [0.3, 0.4) is 0 Å². The third kappa shape index (κ3) is 6.54. The molecule has 5 heteroatoms. The summed E-state index contributed by atoms with van der Waals surface area (Å²) >= 11 is 0. The Hall–Kier alpha value is -0.989. The molecule has 0 N–H and O–H groups in total. The van der Waals surface area contributed by atoms with E-state index < -0.39 is 25.2 Å². The lowest BCUT2D eigenvalue weighted by Gasteiger charge is -2.37. The Morgan fingerprint density at radius 1 is 0.571 bits per heavy atom. The van der Waals surface area contributed by atoms with Crippen LogP contribution in [0.1, 0.15) is 14.9 Å². The van der Waals surface area contributed by atoms with E-state index in [9.17, 15) is 0 Å². The van der Waals surface area contributed by atoms with E-state index in [2.05, 4.69) is 39.5 Å². The minimum Gasteiger partial charge on any atom is -0.423 e. The normalized spacial score (nSPS) is 11.1. The van der Waals surface area contributed by atoms with Gasteiger partial charge in [-0.3, -0.25) is 0 Å². The molecule has 21 heavy (non-hydrogen) atoms. The van der Waals surface area contributed by atoms with E-state index in [0.29, 0.717) is 0 Å². The van der Waals surface area contributed by atoms with Crippen molar-refractivity contribution in [2.45, 2.75) is 27.9 Å². The number of rotatable bonds is 10. The maximum Gasteiger partial charge on any atom is 0.371 e. The van der Waals surface area contributed by atoms with Crippen LogP contribution in [0.4, 0.5) is 0 Å². The van der Waals surface area contributed by atoms with Gasteiger partial charge >= 0.3 is 8.56 Å². The zero-order chi connectivity index (χ0) is 15.2. The first kappa shape index (κ1) is 25.0. The third-order valence-electron chi connectivity index (χ3n) is 2.95. The molecule has 0 saturated carbocycles. The zero-order valence-electron chi connectivity index (χ0n) is 12.0. The third-order valence-corrected chi connectivity index (χ3v) is 13.4. The molecule has 0 amide bonds. The van der Waals surface area contributed by atoms with Gasteiger partial charge in [0, 0.05) is 0 Å². The van der Waals surface area contributed by atoms with Gasteiger partial charge in [-0.25, -0.2) is 0 Å². The molecule has 0 heterocycles. The summed E-state index contributed by atoms with van der Waals surface area (Å²) in [6.07, 6.45) is 0. The lowest BCUT2D eigenvalue weighted by Crippen LogP contribution is -2.54. The van der Waals surface area contributed by atoms with Crippen LogP contribution in [0.25, 0.3) is 0 Å². The number of hydrogen-bond donors (Lipinski definition) is 0. The fourth-order valence-electron chi connectivity index (χ4n) is 1.29. The summed E-state index contributed by atoms with van der Waals surface area (Å²) in [6.45, 7) is 27.0. The van der Waals surface area contributed by atoms with Gasteiger partial charge in [0.05, 0.1) is 0 Å². The fraction of sp³-hybridized carbons (Fsp3) is 0.250. The molecule has 0 saturated heterocycles. The molecule has 0 rings (SSSR count). The molecule has 0 aromatic carbocycles. The molecule has 0 aliphatic carbocycles. The molecule has 0 bridgehead atoms. The van der Waals surface area contributed by atoms with Crippen molar-refractivity contribution in [3.63, 3.8) is 0 Å². The minimum absolute atomic E-state index is 0. The van der Waals surface area contributed by atoms with E-state index in [1.807, 2.05) is 35.9 Å². The molecular weight excluding hydrogens is 308 g/mol. The van der Waals surface area contributed by atoms with E-state index in [4.69, 9.17) is 8.23 Å². The van der Waals surface area contributed by atoms with Crippen LogP contribution >= 0.6 is 0 Å². The van der Waals surface area contributed by atoms with Crippen molar-refractivity contribution in [2.24, 2.45) is 0 Å². The van der Waals surface area contributed by atoms with Gasteiger partial charge in [-0.15, -0.1) is 39.5 Å². The standard InChI is InChI=1S/C14H24O2Si3.2CH4/c1-9-17(7,10-2)15-19(13-5,14-6)16-18(8,11-3)12-4;;/h9-14H,1-6H2,7-8H3;2*1H4. The van der Waals surface area contributed by atoms with Crippen LogP contribution in [0.5, 0.6) is 0 Å². The summed E-state index contributed by atoms with van der Waals surface area (Å²) in [6, 6.07) is 0. The molecule has 0 atom stereocenters. The summed E-state index contributed by atoms with van der Waals surface area (Å²) < 4.78 is 12.5. The second-order valence-corrected chi connectivity index (χ2v) is 14.8. The lowest BCUT2D eigenvalue weighted by molar-refractivity contribution is 0.420. The maximum absolute atomic E-state index is 6.24. The highest BCUT2D eigenvalue weighted by Crippen LogP contribution is 2.24. The topological polar surface area (TPSA) is 18.5 Å². The molecule has 0 unspecified atom stereocenters. The molecule has 0 aromatic rings. The average molecular weight is 341 g/mol. The maximum atomic E-state index is 6.24. The molecule has 0 fully saturated rings. The van der Waals surface area contributed by atoms with Crippen molar-refractivity contribution in [1.82, 2.24) is 0 Å². The Kier molecular flexibility index (Phi) is 11.7. The summed E-state index contributed by atoms with van der Waals surface area (Å²) in [5.74, 6) is 0. The zero-order valence-corrected chi connectivity index (χ0v) is 15.0. The van der Waals surface area contributed by atoms with Crippen molar-refractivity contribution >= 4 is 25.2 Å². The second kappa shape index (κ2) is 9.86. The highest BCUT2D eigenvalue weighted by Gasteiger charge is 2.42. The van der Waals surface area contributed by atoms with Crippen molar-refractivity contribution in [3.8, 4) is 0 Å². The van der Waals surface area contributed by atoms with Crippen LogP contribution in [-0.4, -0.2) is 25.2 Å². The molecule has 0 radical (unpaired) electrons. The van der Waals surface area contributed by atoms with Gasteiger partial charge in [-0.1, -0.05) is 37.7 Å². The predicted molar refractivity (Wildman–Crippen MR) is 106 cm³/mol. The first-order chi connectivity index (χ1) is 8.78. The molecule has 0 aromatic heterocycles. The van der Waals surface area contributed by atoms with E-state index in [0.717, 1.165) is 0 Å². The molecular formula is C16H32O2Si3. The van der Waals surface area contributed by atoms with Crippen molar-refractivity contribution in [2.75, 3.05) is 0 Å². The van der Waals surface area contributed by atoms with Crippen LogP contribution in [-0.2, 0) is 8.23 Å². The Labute approximate surface area is 135 Å². The lowest BCUT2D eigenvalue weighted by atomic mass is 11.2. The van der Waals surface area contributed by atoms with Crippen molar-refractivity contribution in [3.05, 3.63) is 73.7 Å². The summed E-state index contributed by atoms with van der Waals surface area (Å²) in [5.41, 5.74) is 10.7. The quantitative estimate of drug-likeness (QED) is 0.507. The molecule has 120 valence electrons. The van der Waals surface area contributed by atoms with Crippen molar-refractivity contribution < 1.29 is 8.23 Å². The summed E-state index contributed by atoms with van der Waals surface area (Å²) in [7, 11) is -7.18. The highest BCUT2D eigenvalue weighted by atomic mass is 28.5. The molecule has 0 aliphatic heterocycles. The highest BCUT2D eigenvalue weighted by molar-refractivity contribution is 6.98. The van der Waals surface area contributed by atoms with E-state index in [-0.39, 0.29) is 14.9 Å². The van der Waals surface area contributed by atoms with Gasteiger partial charge in [0.2, 0.25) is 16.6 Å². The minimum atomic E-state index is -2.73. The van der Waals surface area contributed by atoms with Crippen LogP contribution in [0, 0.1) is 0 Å². The van der Waals surface area contributed by atoms with Gasteiger partial charge in [-0.2, -0.15) is 0 Å². The van der Waals surface area contributed by atoms with Gasteiger partial charge in [0.25, 0.3) is 0 Å². The van der Waals surface area contributed by atoms with Crippen LogP contribution in [0.2, 0.25) is 13.1 Å². The van der Waals surface area contributed by atoms with Gasteiger partial charge in [0.1, 0.15) is 0 Å². The van der Waals surface area contributed by atoms with Crippen LogP contribution < -0.4 is 0 Å². The van der Waals surface area contributed by atoms with Gasteiger partial charge < -0.3 is 8.23 Å². The SMILES string of the molecule is C.C.C=C[Si](C)(C=C)O[Si](C=C)(C=C)O[Si](C)(C=C)C=C. The van der Waals surface area contributed by atoms with E-state index in [1.54, 1.807) is 11.4 Å². The second-order valence-electron chi connectivity index (χ2n) is 4.52. The van der Waals surface area contributed by atoms with Crippen LogP contribution in [0.15, 0.2) is 73.7 Å². The fourth-order valence-corrected chi connectivity index (χ4v) is 10.5. The Bertz CT molecular complexity index is 348. The molecule has 0 spiro atoms. The monoisotopic (exact) mass is 340 g/mol. The average Bonchev–Trinajstić information content (AvgIpc) is 2.46. The Morgan fingerprint density at radius 2 is 0.810 bits per heavy atom. The summed E-state index contributed by atoms with van der Waals surface area (Å²) in [5, 5.41) is 0. The van der Waals surface area contributed by atoms with E-state index in [1.165, 1.54) is 0 Å². The largest absolute Gasteiger partial charge is 0.423 e. The van der Waals surface area contributed by atoms with E-state index >= 15 is 0 Å². The van der Waals surface area contributed by atoms with Gasteiger partial charge in [-0.05, 0) is 24.5 Å². The molecule has 2 nitrogen and oxygen atoms in total. The smallest absolute Gasteiger partial charge is 0.371 e. The van der Waals surface area contributed by atoms with Gasteiger partial charge in [0.15, 0.2) is 0 Å². The predicted octanol–water partition coefficient (Wildman–Crippen LogP) is 5.24. The number of hydrogen-bond acceptors (Lipinski definition) is 2. The first-order valence-corrected chi connectivity index (χ1v) is 13.1.